The lowest BCUT2D eigenvalue weighted by molar-refractivity contribution is -0.306. The molecule has 27 heavy (non-hydrogen) atoms. The molecule has 0 saturated heterocycles. The summed E-state index contributed by atoms with van der Waals surface area (Å²) in [5.41, 5.74) is 2.95. The fourth-order valence-electron chi connectivity index (χ4n) is 2.93. The number of hydrogen-bond donors (Lipinski definition) is 1. The first-order valence-corrected chi connectivity index (χ1v) is 9.14. The molecule has 0 unspecified atom stereocenters. The number of anilines is 1. The van der Waals surface area contributed by atoms with E-state index in [1.54, 1.807) is 6.92 Å². The molecule has 2 aromatic carbocycles. The topological polar surface area (TPSA) is 77.9 Å². The zero-order valence-corrected chi connectivity index (χ0v) is 16.1. The molecule has 3 rings (SSSR count). The van der Waals surface area contributed by atoms with Crippen molar-refractivity contribution in [2.45, 2.75) is 45.6 Å². The fourth-order valence-corrected chi connectivity index (χ4v) is 2.93. The maximum atomic E-state index is 11.3. The van der Waals surface area contributed by atoms with Gasteiger partial charge in [0.05, 0.1) is 17.5 Å². The fraction of sp³-hybridized carbons (Fsp3) is 0.318. The lowest BCUT2D eigenvalue weighted by atomic mass is 9.87. The van der Waals surface area contributed by atoms with E-state index in [2.05, 4.69) is 48.2 Å². The Kier molecular flexibility index (Phi) is 5.13. The first-order chi connectivity index (χ1) is 12.8. The van der Waals surface area contributed by atoms with Gasteiger partial charge < -0.3 is 15.2 Å². The van der Waals surface area contributed by atoms with Gasteiger partial charge in [0.25, 0.3) is 0 Å². The molecular weight excluding hydrogens is 338 g/mol. The lowest BCUT2D eigenvalue weighted by Gasteiger charge is -2.20. The molecule has 0 spiro atoms. The van der Waals surface area contributed by atoms with E-state index in [0.717, 1.165) is 16.5 Å². The van der Waals surface area contributed by atoms with Crippen molar-refractivity contribution in [2.75, 3.05) is 5.32 Å². The number of benzene rings is 2. The van der Waals surface area contributed by atoms with Crippen LogP contribution in [0.5, 0.6) is 0 Å². The predicted octanol–water partition coefficient (Wildman–Crippen LogP) is 3.53. The largest absolute Gasteiger partial charge is 0.548 e. The number of carboxylic acid groups (broad SMARTS) is 1. The van der Waals surface area contributed by atoms with Crippen molar-refractivity contribution < 1.29 is 9.90 Å². The minimum atomic E-state index is -1.14. The van der Waals surface area contributed by atoms with Gasteiger partial charge in [-0.1, -0.05) is 64.1 Å². The summed E-state index contributed by atoms with van der Waals surface area (Å²) in [6, 6.07) is 14.9. The Bertz CT molecular complexity index is 959. The Labute approximate surface area is 159 Å². The van der Waals surface area contributed by atoms with Crippen molar-refractivity contribution in [1.82, 2.24) is 9.97 Å². The molecule has 1 N–H and O–H groups in total. The van der Waals surface area contributed by atoms with E-state index in [-0.39, 0.29) is 5.41 Å². The highest BCUT2D eigenvalue weighted by atomic mass is 16.4. The number of carbonyl (C=O) groups is 1. The highest BCUT2D eigenvalue weighted by Gasteiger charge is 2.16. The van der Waals surface area contributed by atoms with E-state index in [1.807, 2.05) is 36.4 Å². The number of para-hydroxylation sites is 1. The average Bonchev–Trinajstić information content (AvgIpc) is 2.65. The second kappa shape index (κ2) is 7.35. The number of aromatic nitrogens is 2. The summed E-state index contributed by atoms with van der Waals surface area (Å²) in [7, 11) is 0. The molecule has 0 radical (unpaired) electrons. The van der Waals surface area contributed by atoms with Gasteiger partial charge in [0.15, 0.2) is 5.82 Å². The summed E-state index contributed by atoms with van der Waals surface area (Å²) >= 11 is 0. The normalized spacial score (nSPS) is 12.7. The maximum absolute atomic E-state index is 11.3. The monoisotopic (exact) mass is 362 g/mol. The first kappa shape index (κ1) is 18.8. The van der Waals surface area contributed by atoms with Crippen LogP contribution >= 0.6 is 0 Å². The van der Waals surface area contributed by atoms with Crippen LogP contribution in [0.2, 0.25) is 0 Å². The van der Waals surface area contributed by atoms with Crippen LogP contribution in [0.25, 0.3) is 22.3 Å². The van der Waals surface area contributed by atoms with Gasteiger partial charge in [-0.25, -0.2) is 9.97 Å². The van der Waals surface area contributed by atoms with Gasteiger partial charge in [0.1, 0.15) is 5.82 Å². The Morgan fingerprint density at radius 2 is 1.74 bits per heavy atom. The summed E-state index contributed by atoms with van der Waals surface area (Å²) < 4.78 is 0. The standard InChI is InChI=1S/C22H25N3O2/c1-5-17(21(26)27)23-20-16-8-6-7-9-18(16)24-19(25-20)14-10-12-15(13-11-14)22(2,3)4/h6-13,17H,5H2,1-4H3,(H,26,27)(H,23,24,25)/p-1/t17-/m1/s1. The van der Waals surface area contributed by atoms with Crippen molar-refractivity contribution in [3.8, 4) is 11.4 Å². The molecule has 5 heteroatoms. The maximum Gasteiger partial charge on any atom is 0.162 e. The van der Waals surface area contributed by atoms with Crippen LogP contribution in [0.15, 0.2) is 48.5 Å². The van der Waals surface area contributed by atoms with Crippen LogP contribution < -0.4 is 10.4 Å². The molecule has 0 amide bonds. The van der Waals surface area contributed by atoms with Crippen LogP contribution in [0.4, 0.5) is 5.82 Å². The van der Waals surface area contributed by atoms with Crippen molar-refractivity contribution in [3.63, 3.8) is 0 Å². The van der Waals surface area contributed by atoms with Gasteiger partial charge in [0, 0.05) is 10.9 Å². The smallest absolute Gasteiger partial charge is 0.162 e. The van der Waals surface area contributed by atoms with Crippen molar-refractivity contribution >= 4 is 22.7 Å². The molecule has 0 saturated carbocycles. The zero-order valence-electron chi connectivity index (χ0n) is 16.1. The number of hydrogen-bond acceptors (Lipinski definition) is 5. The van der Waals surface area contributed by atoms with Crippen LogP contribution in [0.3, 0.4) is 0 Å². The summed E-state index contributed by atoms with van der Waals surface area (Å²) in [6.07, 6.45) is 0.399. The second-order valence-electron chi connectivity index (χ2n) is 7.66. The highest BCUT2D eigenvalue weighted by Crippen LogP contribution is 2.28. The van der Waals surface area contributed by atoms with Gasteiger partial charge in [0.2, 0.25) is 0 Å². The van der Waals surface area contributed by atoms with E-state index >= 15 is 0 Å². The Balaban J connectivity index is 2.07. The number of fused-ring (bicyclic) bond motifs is 1. The molecule has 0 fully saturated rings. The van der Waals surface area contributed by atoms with Gasteiger partial charge >= 0.3 is 0 Å². The first-order valence-electron chi connectivity index (χ1n) is 9.14. The van der Waals surface area contributed by atoms with E-state index < -0.39 is 12.0 Å². The highest BCUT2D eigenvalue weighted by molar-refractivity contribution is 5.92. The predicted molar refractivity (Wildman–Crippen MR) is 106 cm³/mol. The minimum absolute atomic E-state index is 0.0678. The molecule has 5 nitrogen and oxygen atoms in total. The number of nitrogens with zero attached hydrogens (tertiary/aromatic N) is 2. The van der Waals surface area contributed by atoms with Crippen molar-refractivity contribution in [2.24, 2.45) is 0 Å². The molecule has 140 valence electrons. The van der Waals surface area contributed by atoms with Gasteiger partial charge in [-0.3, -0.25) is 0 Å². The number of rotatable bonds is 5. The summed E-state index contributed by atoms with van der Waals surface area (Å²) in [6.45, 7) is 8.30. The molecule has 3 aromatic rings. The van der Waals surface area contributed by atoms with Crippen LogP contribution in [-0.2, 0) is 10.2 Å². The van der Waals surface area contributed by atoms with Gasteiger partial charge in [-0.2, -0.15) is 0 Å². The van der Waals surface area contributed by atoms with Gasteiger partial charge in [-0.15, -0.1) is 0 Å². The average molecular weight is 362 g/mol. The van der Waals surface area contributed by atoms with Crippen LogP contribution in [0, 0.1) is 0 Å². The van der Waals surface area contributed by atoms with E-state index in [4.69, 9.17) is 0 Å². The van der Waals surface area contributed by atoms with Crippen LogP contribution in [0.1, 0.15) is 39.7 Å². The third-order valence-electron chi connectivity index (χ3n) is 4.62. The molecular formula is C22H24N3O2-. The summed E-state index contributed by atoms with van der Waals surface area (Å²) in [5, 5.41) is 15.1. The number of aliphatic carboxylic acids is 1. The molecule has 0 aliphatic rings. The molecule has 1 atom stereocenters. The molecule has 0 aliphatic heterocycles. The molecule has 1 aromatic heterocycles. The van der Waals surface area contributed by atoms with Crippen molar-refractivity contribution in [3.05, 3.63) is 54.1 Å². The van der Waals surface area contributed by atoms with Crippen LogP contribution in [-0.4, -0.2) is 22.0 Å². The Morgan fingerprint density at radius 1 is 1.07 bits per heavy atom. The minimum Gasteiger partial charge on any atom is -0.548 e. The Hall–Kier alpha value is -2.95. The summed E-state index contributed by atoms with van der Waals surface area (Å²) in [5.74, 6) is -0.0762. The second-order valence-corrected chi connectivity index (χ2v) is 7.66. The number of nitrogens with one attached hydrogen (secondary N) is 1. The van der Waals surface area contributed by atoms with E-state index in [0.29, 0.717) is 18.1 Å². The third-order valence-corrected chi connectivity index (χ3v) is 4.62. The van der Waals surface area contributed by atoms with E-state index in [1.165, 1.54) is 5.56 Å². The number of carboxylic acids is 1. The zero-order chi connectivity index (χ0) is 19.6. The third kappa shape index (κ3) is 4.08. The van der Waals surface area contributed by atoms with E-state index in [9.17, 15) is 9.90 Å². The molecule has 0 aliphatic carbocycles. The van der Waals surface area contributed by atoms with Crippen molar-refractivity contribution in [1.29, 1.82) is 0 Å². The quantitative estimate of drug-likeness (QED) is 0.751. The summed E-state index contributed by atoms with van der Waals surface area (Å²) in [4.78, 5) is 20.6. The Morgan fingerprint density at radius 3 is 2.33 bits per heavy atom. The number of carbonyl (C=O) groups excluding carboxylic acids is 1. The van der Waals surface area contributed by atoms with Gasteiger partial charge in [-0.05, 0) is 29.5 Å². The molecule has 0 bridgehead atoms. The SMILES string of the molecule is CC[C@@H](Nc1nc(-c2ccc(C(C)(C)C)cc2)nc2ccccc12)C(=O)[O-]. The lowest BCUT2D eigenvalue weighted by Crippen LogP contribution is -2.40. The molecule has 1 heterocycles.